The van der Waals surface area contributed by atoms with E-state index in [0.29, 0.717) is 17.0 Å². The van der Waals surface area contributed by atoms with E-state index >= 15 is 0 Å². The van der Waals surface area contributed by atoms with Gasteiger partial charge in [0.05, 0.1) is 11.6 Å². The average Bonchev–Trinajstić information content (AvgIpc) is 2.38. The second-order valence-corrected chi connectivity index (χ2v) is 4.45. The predicted molar refractivity (Wildman–Crippen MR) is 72.4 cm³/mol. The Morgan fingerprint density at radius 1 is 1.06 bits per heavy atom. The Bertz CT molecular complexity index is 584. The second kappa shape index (κ2) is 5.68. The van der Waals surface area contributed by atoms with Crippen molar-refractivity contribution in [1.29, 1.82) is 5.26 Å². The van der Waals surface area contributed by atoms with Crippen molar-refractivity contribution in [2.45, 2.75) is 6.42 Å². The van der Waals surface area contributed by atoms with E-state index in [0.717, 1.165) is 16.7 Å². The summed E-state index contributed by atoms with van der Waals surface area (Å²) in [5.41, 5.74) is 3.65. The Morgan fingerprint density at radius 2 is 1.78 bits per heavy atom. The van der Waals surface area contributed by atoms with Gasteiger partial charge in [-0.3, -0.25) is 0 Å². The van der Waals surface area contributed by atoms with Gasteiger partial charge in [-0.15, -0.1) is 0 Å². The van der Waals surface area contributed by atoms with Crippen LogP contribution in [0.4, 0.5) is 0 Å². The van der Waals surface area contributed by atoms with Gasteiger partial charge in [0.1, 0.15) is 0 Å². The SMILES string of the molecule is N#Cc1ccc(-c2cc(Cl)cc(CCO)c2)cc1. The molecule has 0 spiro atoms. The molecule has 0 amide bonds. The van der Waals surface area contributed by atoms with Crippen molar-refractivity contribution in [3.05, 3.63) is 58.6 Å². The molecule has 0 aromatic heterocycles. The van der Waals surface area contributed by atoms with E-state index in [9.17, 15) is 0 Å². The molecule has 2 rings (SSSR count). The van der Waals surface area contributed by atoms with Crippen LogP contribution >= 0.6 is 11.6 Å². The second-order valence-electron chi connectivity index (χ2n) is 4.01. The molecular weight excluding hydrogens is 246 g/mol. The van der Waals surface area contributed by atoms with Crippen molar-refractivity contribution in [3.63, 3.8) is 0 Å². The molecule has 3 heteroatoms. The first kappa shape index (κ1) is 12.6. The number of nitrogens with zero attached hydrogens (tertiary/aromatic N) is 1. The summed E-state index contributed by atoms with van der Waals surface area (Å²) in [4.78, 5) is 0. The Morgan fingerprint density at radius 3 is 2.39 bits per heavy atom. The highest BCUT2D eigenvalue weighted by atomic mass is 35.5. The normalized spacial score (nSPS) is 10.1. The number of nitriles is 1. The number of rotatable bonds is 3. The lowest BCUT2D eigenvalue weighted by Crippen LogP contribution is -1.91. The number of aliphatic hydroxyl groups excluding tert-OH is 1. The summed E-state index contributed by atoms with van der Waals surface area (Å²) in [5, 5.41) is 18.4. The summed E-state index contributed by atoms with van der Waals surface area (Å²) in [6.07, 6.45) is 0.587. The summed E-state index contributed by atoms with van der Waals surface area (Å²) in [5.74, 6) is 0. The largest absolute Gasteiger partial charge is 0.396 e. The van der Waals surface area contributed by atoms with Crippen molar-refractivity contribution < 1.29 is 5.11 Å². The third kappa shape index (κ3) is 2.89. The van der Waals surface area contributed by atoms with E-state index in [1.165, 1.54) is 0 Å². The van der Waals surface area contributed by atoms with E-state index < -0.39 is 0 Å². The molecule has 0 bridgehead atoms. The van der Waals surface area contributed by atoms with Gasteiger partial charge in [0.2, 0.25) is 0 Å². The standard InChI is InChI=1S/C15H12ClNO/c16-15-8-12(5-6-18)7-14(9-15)13-3-1-11(10-17)2-4-13/h1-4,7-9,18H,5-6H2. The molecule has 0 radical (unpaired) electrons. The molecule has 90 valence electrons. The van der Waals surface area contributed by atoms with Crippen LogP contribution in [0.5, 0.6) is 0 Å². The Balaban J connectivity index is 2.40. The molecule has 0 aliphatic rings. The van der Waals surface area contributed by atoms with E-state index in [2.05, 4.69) is 6.07 Å². The lowest BCUT2D eigenvalue weighted by Gasteiger charge is -2.06. The number of halogens is 1. The summed E-state index contributed by atoms with van der Waals surface area (Å²) in [7, 11) is 0. The summed E-state index contributed by atoms with van der Waals surface area (Å²) in [6.45, 7) is 0.104. The zero-order valence-corrected chi connectivity index (χ0v) is 10.5. The van der Waals surface area contributed by atoms with Gasteiger partial charge >= 0.3 is 0 Å². The minimum absolute atomic E-state index is 0.104. The Labute approximate surface area is 111 Å². The number of hydrogen-bond donors (Lipinski definition) is 1. The van der Waals surface area contributed by atoms with Gasteiger partial charge in [0.25, 0.3) is 0 Å². The predicted octanol–water partition coefficient (Wildman–Crippen LogP) is 3.41. The van der Waals surface area contributed by atoms with Crippen LogP contribution in [-0.4, -0.2) is 11.7 Å². The van der Waals surface area contributed by atoms with E-state index in [1.807, 2.05) is 30.3 Å². The summed E-state index contributed by atoms with van der Waals surface area (Å²) >= 11 is 6.06. The number of benzene rings is 2. The highest BCUT2D eigenvalue weighted by Crippen LogP contribution is 2.25. The van der Waals surface area contributed by atoms with Crippen molar-refractivity contribution in [2.24, 2.45) is 0 Å². The third-order valence-electron chi connectivity index (χ3n) is 2.71. The molecule has 0 aliphatic carbocycles. The number of aliphatic hydroxyl groups is 1. The molecule has 0 saturated carbocycles. The molecule has 0 atom stereocenters. The van der Waals surface area contributed by atoms with Gasteiger partial charge in [0, 0.05) is 11.6 Å². The summed E-state index contributed by atoms with van der Waals surface area (Å²) < 4.78 is 0. The Hall–Kier alpha value is -1.82. The zero-order valence-electron chi connectivity index (χ0n) is 9.73. The van der Waals surface area contributed by atoms with Gasteiger partial charge in [-0.2, -0.15) is 5.26 Å². The van der Waals surface area contributed by atoms with Gasteiger partial charge in [-0.1, -0.05) is 29.8 Å². The van der Waals surface area contributed by atoms with Crippen LogP contribution in [-0.2, 0) is 6.42 Å². The molecule has 0 heterocycles. The smallest absolute Gasteiger partial charge is 0.0991 e. The van der Waals surface area contributed by atoms with E-state index in [-0.39, 0.29) is 6.61 Å². The molecule has 2 aromatic rings. The topological polar surface area (TPSA) is 44.0 Å². The first-order valence-corrected chi connectivity index (χ1v) is 6.01. The maximum Gasteiger partial charge on any atom is 0.0991 e. The van der Waals surface area contributed by atoms with Crippen LogP contribution in [0.25, 0.3) is 11.1 Å². The molecule has 18 heavy (non-hydrogen) atoms. The minimum Gasteiger partial charge on any atom is -0.396 e. The van der Waals surface area contributed by atoms with Crippen LogP contribution in [0.1, 0.15) is 11.1 Å². The van der Waals surface area contributed by atoms with Crippen molar-refractivity contribution >= 4 is 11.6 Å². The van der Waals surface area contributed by atoms with Gasteiger partial charge in [-0.05, 0) is 47.4 Å². The maximum atomic E-state index is 8.96. The van der Waals surface area contributed by atoms with E-state index in [4.69, 9.17) is 22.0 Å². The molecule has 1 N–H and O–H groups in total. The highest BCUT2D eigenvalue weighted by molar-refractivity contribution is 6.31. The monoisotopic (exact) mass is 257 g/mol. The van der Waals surface area contributed by atoms with Crippen molar-refractivity contribution in [3.8, 4) is 17.2 Å². The fourth-order valence-electron chi connectivity index (χ4n) is 1.83. The average molecular weight is 258 g/mol. The van der Waals surface area contributed by atoms with Crippen LogP contribution in [0.3, 0.4) is 0 Å². The van der Waals surface area contributed by atoms with Crippen LogP contribution < -0.4 is 0 Å². The van der Waals surface area contributed by atoms with Crippen molar-refractivity contribution in [1.82, 2.24) is 0 Å². The molecule has 0 unspecified atom stereocenters. The maximum absolute atomic E-state index is 8.96. The lowest BCUT2D eigenvalue weighted by atomic mass is 10.0. The summed E-state index contributed by atoms with van der Waals surface area (Å²) in [6, 6.07) is 15.2. The van der Waals surface area contributed by atoms with E-state index in [1.54, 1.807) is 12.1 Å². The fourth-order valence-corrected chi connectivity index (χ4v) is 2.09. The molecule has 0 fully saturated rings. The zero-order chi connectivity index (χ0) is 13.0. The van der Waals surface area contributed by atoms with Crippen LogP contribution in [0, 0.1) is 11.3 Å². The Kier molecular flexibility index (Phi) is 3.99. The third-order valence-corrected chi connectivity index (χ3v) is 2.92. The van der Waals surface area contributed by atoms with Crippen molar-refractivity contribution in [2.75, 3.05) is 6.61 Å². The minimum atomic E-state index is 0.104. The first-order valence-electron chi connectivity index (χ1n) is 5.64. The van der Waals surface area contributed by atoms with Crippen LogP contribution in [0.2, 0.25) is 5.02 Å². The molecule has 2 aromatic carbocycles. The van der Waals surface area contributed by atoms with Gasteiger partial charge in [0.15, 0.2) is 0 Å². The lowest BCUT2D eigenvalue weighted by molar-refractivity contribution is 0.299. The van der Waals surface area contributed by atoms with Gasteiger partial charge in [-0.25, -0.2) is 0 Å². The molecular formula is C15H12ClNO. The quantitative estimate of drug-likeness (QED) is 0.916. The molecule has 0 aliphatic heterocycles. The highest BCUT2D eigenvalue weighted by Gasteiger charge is 2.02. The first-order chi connectivity index (χ1) is 8.72. The fraction of sp³-hybridized carbons (Fsp3) is 0.133. The van der Waals surface area contributed by atoms with Gasteiger partial charge < -0.3 is 5.11 Å². The van der Waals surface area contributed by atoms with Crippen LogP contribution in [0.15, 0.2) is 42.5 Å². The molecule has 2 nitrogen and oxygen atoms in total. The molecule has 0 saturated heterocycles. The number of hydrogen-bond acceptors (Lipinski definition) is 2.